The number of ether oxygens (including phenoxy) is 2. The van der Waals surface area contributed by atoms with E-state index in [2.05, 4.69) is 4.98 Å². The summed E-state index contributed by atoms with van der Waals surface area (Å²) in [6.07, 6.45) is 0. The Labute approximate surface area is 204 Å². The van der Waals surface area contributed by atoms with Crippen LogP contribution in [0, 0.1) is 6.92 Å². The molecule has 4 rings (SSSR count). The van der Waals surface area contributed by atoms with Crippen LogP contribution in [0.4, 0.5) is 5.13 Å². The fourth-order valence-electron chi connectivity index (χ4n) is 3.68. The number of aryl methyl sites for hydroxylation is 1. The van der Waals surface area contributed by atoms with E-state index in [9.17, 15) is 19.5 Å². The molecule has 8 nitrogen and oxygen atoms in total. The van der Waals surface area contributed by atoms with Crippen molar-refractivity contribution in [3.8, 4) is 5.75 Å². The lowest BCUT2D eigenvalue weighted by Crippen LogP contribution is -2.29. The molecule has 1 N–H and O–H groups in total. The minimum absolute atomic E-state index is 0.118. The molecular weight excluding hydrogens is 480 g/mol. The van der Waals surface area contributed by atoms with E-state index in [1.165, 1.54) is 19.1 Å². The second-order valence-electron chi connectivity index (χ2n) is 7.36. The number of nitrogens with zero attached hydrogens (tertiary/aromatic N) is 2. The van der Waals surface area contributed by atoms with Gasteiger partial charge in [0, 0.05) is 10.6 Å². The topological polar surface area (TPSA) is 106 Å². The van der Waals surface area contributed by atoms with Gasteiger partial charge in [0.05, 0.1) is 31.5 Å². The summed E-state index contributed by atoms with van der Waals surface area (Å²) in [5.74, 6) is -2.25. The fourth-order valence-corrected chi connectivity index (χ4v) is 4.82. The molecule has 1 amide bonds. The molecular formula is C24H19ClN2O6S. The molecule has 34 heavy (non-hydrogen) atoms. The summed E-state index contributed by atoms with van der Waals surface area (Å²) in [7, 11) is 2.73. The van der Waals surface area contributed by atoms with Crippen molar-refractivity contribution in [3.63, 3.8) is 0 Å². The van der Waals surface area contributed by atoms with Crippen LogP contribution in [-0.2, 0) is 14.3 Å². The Hall–Kier alpha value is -3.69. The second-order valence-corrected chi connectivity index (χ2v) is 8.77. The van der Waals surface area contributed by atoms with Gasteiger partial charge in [0.25, 0.3) is 5.78 Å². The van der Waals surface area contributed by atoms with Gasteiger partial charge in [-0.15, -0.1) is 0 Å². The Balaban J connectivity index is 1.93. The zero-order chi connectivity index (χ0) is 24.6. The lowest BCUT2D eigenvalue weighted by molar-refractivity contribution is -0.132. The van der Waals surface area contributed by atoms with Crippen LogP contribution in [0.25, 0.3) is 5.76 Å². The SMILES string of the molecule is COC(=O)c1sc(N2C(=O)C(=O)/C(=C(/O)c3cccc(OC)c3)[C@H]2c2ccc(Cl)cc2)nc1C. The van der Waals surface area contributed by atoms with E-state index in [0.29, 0.717) is 27.6 Å². The molecule has 0 radical (unpaired) electrons. The molecule has 174 valence electrons. The van der Waals surface area contributed by atoms with Crippen LogP contribution in [0.2, 0.25) is 5.02 Å². The third-order valence-electron chi connectivity index (χ3n) is 5.34. The number of amides is 1. The van der Waals surface area contributed by atoms with Crippen molar-refractivity contribution in [2.24, 2.45) is 0 Å². The molecule has 1 saturated heterocycles. The molecule has 0 bridgehead atoms. The number of esters is 1. The van der Waals surface area contributed by atoms with Crippen molar-refractivity contribution < 1.29 is 29.0 Å². The summed E-state index contributed by atoms with van der Waals surface area (Å²) in [6.45, 7) is 1.61. The van der Waals surface area contributed by atoms with Gasteiger partial charge in [0.15, 0.2) is 5.13 Å². The number of carbonyl (C=O) groups excluding carboxylic acids is 3. The average molecular weight is 499 g/mol. The van der Waals surface area contributed by atoms with E-state index < -0.39 is 23.7 Å². The highest BCUT2D eigenvalue weighted by Gasteiger charge is 2.48. The normalized spacial score (nSPS) is 17.2. The Morgan fingerprint density at radius 1 is 1.15 bits per heavy atom. The Bertz CT molecular complexity index is 1330. The minimum atomic E-state index is -1.00. The first kappa shape index (κ1) is 23.5. The number of aliphatic hydroxyl groups excluding tert-OH is 1. The van der Waals surface area contributed by atoms with Crippen molar-refractivity contribution in [2.45, 2.75) is 13.0 Å². The molecule has 1 aliphatic heterocycles. The highest BCUT2D eigenvalue weighted by atomic mass is 35.5. The number of hydrogen-bond acceptors (Lipinski definition) is 8. The van der Waals surface area contributed by atoms with Crippen molar-refractivity contribution in [2.75, 3.05) is 19.1 Å². The lowest BCUT2D eigenvalue weighted by atomic mass is 9.95. The first-order chi connectivity index (χ1) is 16.3. The zero-order valence-electron chi connectivity index (χ0n) is 18.4. The number of methoxy groups -OCH3 is 2. The zero-order valence-corrected chi connectivity index (χ0v) is 19.9. The fraction of sp³-hybridized carbons (Fsp3) is 0.167. The Kier molecular flexibility index (Phi) is 6.41. The number of ketones is 1. The predicted octanol–water partition coefficient (Wildman–Crippen LogP) is 4.53. The molecule has 0 unspecified atom stereocenters. The maximum absolute atomic E-state index is 13.2. The smallest absolute Gasteiger partial charge is 0.350 e. The molecule has 0 saturated carbocycles. The van der Waals surface area contributed by atoms with Gasteiger partial charge in [-0.1, -0.05) is 47.2 Å². The highest BCUT2D eigenvalue weighted by Crippen LogP contribution is 2.44. The van der Waals surface area contributed by atoms with Crippen molar-refractivity contribution >= 4 is 51.5 Å². The number of aromatic nitrogens is 1. The number of halogens is 1. The number of benzene rings is 2. The first-order valence-electron chi connectivity index (χ1n) is 10.0. The van der Waals surface area contributed by atoms with Crippen LogP contribution >= 0.6 is 22.9 Å². The van der Waals surface area contributed by atoms with Crippen molar-refractivity contribution in [3.05, 3.63) is 80.8 Å². The molecule has 1 atom stereocenters. The van der Waals surface area contributed by atoms with E-state index in [1.807, 2.05) is 0 Å². The molecule has 0 spiro atoms. The molecule has 1 fully saturated rings. The van der Waals surface area contributed by atoms with Crippen molar-refractivity contribution in [1.82, 2.24) is 4.98 Å². The summed E-state index contributed by atoms with van der Waals surface area (Å²) < 4.78 is 10.0. The molecule has 2 heterocycles. The molecule has 1 aromatic heterocycles. The van der Waals surface area contributed by atoms with Crippen LogP contribution in [0.15, 0.2) is 54.1 Å². The van der Waals surface area contributed by atoms with E-state index in [0.717, 1.165) is 11.3 Å². The quantitative estimate of drug-likeness (QED) is 0.238. The van der Waals surface area contributed by atoms with E-state index in [-0.39, 0.29) is 21.3 Å². The van der Waals surface area contributed by atoms with E-state index >= 15 is 0 Å². The number of Topliss-reactive ketones (excluding diaryl/α,β-unsaturated/α-hetero) is 1. The summed E-state index contributed by atoms with van der Waals surface area (Å²) >= 11 is 6.98. The average Bonchev–Trinajstić information content (AvgIpc) is 3.35. The van der Waals surface area contributed by atoms with Gasteiger partial charge < -0.3 is 14.6 Å². The molecule has 3 aromatic rings. The van der Waals surface area contributed by atoms with Gasteiger partial charge >= 0.3 is 11.9 Å². The van der Waals surface area contributed by atoms with Gasteiger partial charge in [-0.2, -0.15) is 0 Å². The molecule has 0 aliphatic carbocycles. The molecule has 1 aliphatic rings. The molecule has 2 aromatic carbocycles. The van der Waals surface area contributed by atoms with Crippen LogP contribution in [0.3, 0.4) is 0 Å². The predicted molar refractivity (Wildman–Crippen MR) is 127 cm³/mol. The third kappa shape index (κ3) is 4.04. The summed E-state index contributed by atoms with van der Waals surface area (Å²) in [6, 6.07) is 12.1. The first-order valence-corrected chi connectivity index (χ1v) is 11.2. The van der Waals surface area contributed by atoms with Crippen LogP contribution in [-0.4, -0.2) is 42.0 Å². The number of carbonyl (C=O) groups is 3. The monoisotopic (exact) mass is 498 g/mol. The van der Waals surface area contributed by atoms with Gasteiger partial charge in [-0.05, 0) is 36.8 Å². The Morgan fingerprint density at radius 3 is 2.50 bits per heavy atom. The number of rotatable bonds is 5. The van der Waals surface area contributed by atoms with Crippen molar-refractivity contribution in [1.29, 1.82) is 0 Å². The van der Waals surface area contributed by atoms with Gasteiger partial charge in [-0.25, -0.2) is 9.78 Å². The summed E-state index contributed by atoms with van der Waals surface area (Å²) in [4.78, 5) is 44.3. The second kappa shape index (κ2) is 9.28. The highest BCUT2D eigenvalue weighted by molar-refractivity contribution is 7.17. The third-order valence-corrected chi connectivity index (χ3v) is 6.72. The summed E-state index contributed by atoms with van der Waals surface area (Å²) in [5, 5.41) is 11.8. The summed E-state index contributed by atoms with van der Waals surface area (Å²) in [5.41, 5.74) is 1.08. The largest absolute Gasteiger partial charge is 0.507 e. The van der Waals surface area contributed by atoms with Gasteiger partial charge in [0.1, 0.15) is 16.4 Å². The van der Waals surface area contributed by atoms with Crippen LogP contribution in [0.5, 0.6) is 5.75 Å². The van der Waals surface area contributed by atoms with E-state index in [1.54, 1.807) is 55.5 Å². The van der Waals surface area contributed by atoms with Crippen LogP contribution < -0.4 is 9.64 Å². The number of aliphatic hydroxyl groups is 1. The van der Waals surface area contributed by atoms with Gasteiger partial charge in [0.2, 0.25) is 0 Å². The Morgan fingerprint density at radius 2 is 1.85 bits per heavy atom. The standard InChI is InChI=1S/C24H19ClN2O6S/c1-12-21(23(31)33-3)34-24(26-12)27-18(13-7-9-15(25)10-8-13)17(20(29)22(27)30)19(28)14-5-4-6-16(11-14)32-2/h4-11,18,28H,1-3H3/b19-17+/t18-/m1/s1. The van der Waals surface area contributed by atoms with E-state index in [4.69, 9.17) is 21.1 Å². The van der Waals surface area contributed by atoms with Gasteiger partial charge in [-0.3, -0.25) is 14.5 Å². The number of thiazole rings is 1. The number of anilines is 1. The lowest BCUT2D eigenvalue weighted by Gasteiger charge is -2.23. The van der Waals surface area contributed by atoms with Crippen LogP contribution in [0.1, 0.15) is 32.5 Å². The minimum Gasteiger partial charge on any atom is -0.507 e. The maximum Gasteiger partial charge on any atom is 0.350 e. The number of hydrogen-bond donors (Lipinski definition) is 1. The maximum atomic E-state index is 13.2. The molecule has 10 heteroatoms.